The van der Waals surface area contributed by atoms with Crippen molar-refractivity contribution in [1.29, 1.82) is 0 Å². The van der Waals surface area contributed by atoms with Gasteiger partial charge in [0.25, 0.3) is 0 Å². The van der Waals surface area contributed by atoms with E-state index in [2.05, 4.69) is 15.8 Å². The van der Waals surface area contributed by atoms with E-state index in [1.807, 2.05) is 13.0 Å². The summed E-state index contributed by atoms with van der Waals surface area (Å²) in [6.45, 7) is 5.41. The predicted molar refractivity (Wildman–Crippen MR) is 99.9 cm³/mol. The van der Waals surface area contributed by atoms with Crippen LogP contribution in [-0.4, -0.2) is 65.8 Å². The number of carbonyl (C=O) groups is 4. The number of amides is 4. The third-order valence-corrected chi connectivity index (χ3v) is 4.05. The molecule has 0 spiro atoms. The van der Waals surface area contributed by atoms with E-state index in [9.17, 15) is 19.2 Å². The number of anilines is 1. The number of hydrogen-bond acceptors (Lipinski definition) is 5. The van der Waals surface area contributed by atoms with Crippen molar-refractivity contribution in [3.63, 3.8) is 0 Å². The molecule has 1 fully saturated rings. The fraction of sp³-hybridized carbons (Fsp3) is 0.389. The number of nitrogens with one attached hydrogen (secondary N) is 2. The second-order valence-electron chi connectivity index (χ2n) is 6.31. The van der Waals surface area contributed by atoms with Gasteiger partial charge in [0.1, 0.15) is 0 Å². The van der Waals surface area contributed by atoms with Crippen LogP contribution in [0.5, 0.6) is 0 Å². The predicted octanol–water partition coefficient (Wildman–Crippen LogP) is 0.116. The number of aryl methyl sites for hydroxylation is 1. The number of carbonyl (C=O) groups excluding carboxylic acids is 4. The van der Waals surface area contributed by atoms with Crippen LogP contribution in [0, 0.1) is 6.92 Å². The molecule has 2 N–H and O–H groups in total. The minimum absolute atomic E-state index is 0.0286. The Labute approximate surface area is 157 Å². The summed E-state index contributed by atoms with van der Waals surface area (Å²) in [7, 11) is 0. The first-order valence-corrected chi connectivity index (χ1v) is 8.57. The first-order chi connectivity index (χ1) is 12.9. The summed E-state index contributed by atoms with van der Waals surface area (Å²) >= 11 is 0. The van der Waals surface area contributed by atoms with Crippen molar-refractivity contribution in [2.75, 3.05) is 31.5 Å². The van der Waals surface area contributed by atoms with Gasteiger partial charge in [-0.3, -0.25) is 19.2 Å². The minimum Gasteiger partial charge on any atom is -0.342 e. The van der Waals surface area contributed by atoms with E-state index in [-0.39, 0.29) is 12.3 Å². The summed E-state index contributed by atoms with van der Waals surface area (Å²) < 4.78 is 0. The van der Waals surface area contributed by atoms with Crippen LogP contribution in [0.2, 0.25) is 0 Å². The molecule has 4 amide bonds. The summed E-state index contributed by atoms with van der Waals surface area (Å²) in [6, 6.07) is 7.06. The number of hydrazone groups is 1. The standard InChI is InChI=1S/C18H23N5O4/c1-13-4-3-5-15(10-13)19-17(26)18(27)21-20-14(2)11-16(25)23-8-6-22(12-24)7-9-23/h3-5,10,12H,6-9,11H2,1-2H3,(H,19,26)(H,21,27)/b20-14-. The molecule has 0 aromatic heterocycles. The van der Waals surface area contributed by atoms with Gasteiger partial charge < -0.3 is 15.1 Å². The summed E-state index contributed by atoms with van der Waals surface area (Å²) in [5.74, 6) is -1.89. The molecule has 1 aromatic rings. The van der Waals surface area contributed by atoms with Gasteiger partial charge in [0.2, 0.25) is 12.3 Å². The first kappa shape index (κ1) is 20.1. The quantitative estimate of drug-likeness (QED) is 0.330. The second-order valence-corrected chi connectivity index (χ2v) is 6.31. The van der Waals surface area contributed by atoms with Gasteiger partial charge in [-0.05, 0) is 31.5 Å². The Bertz CT molecular complexity index is 754. The van der Waals surface area contributed by atoms with Gasteiger partial charge in [-0.15, -0.1) is 0 Å². The van der Waals surface area contributed by atoms with E-state index < -0.39 is 11.8 Å². The maximum atomic E-state index is 12.2. The van der Waals surface area contributed by atoms with Crippen LogP contribution >= 0.6 is 0 Å². The van der Waals surface area contributed by atoms with E-state index in [1.54, 1.807) is 34.9 Å². The molecular weight excluding hydrogens is 350 g/mol. The summed E-state index contributed by atoms with van der Waals surface area (Å²) in [4.78, 5) is 49.8. The molecule has 2 rings (SSSR count). The van der Waals surface area contributed by atoms with Crippen molar-refractivity contribution in [3.05, 3.63) is 29.8 Å². The molecule has 9 heteroatoms. The summed E-state index contributed by atoms with van der Waals surface area (Å²) in [5.41, 5.74) is 4.00. The van der Waals surface area contributed by atoms with Crippen molar-refractivity contribution in [2.45, 2.75) is 20.3 Å². The van der Waals surface area contributed by atoms with Gasteiger partial charge in [-0.2, -0.15) is 5.10 Å². The van der Waals surface area contributed by atoms with Gasteiger partial charge in [-0.25, -0.2) is 5.43 Å². The van der Waals surface area contributed by atoms with E-state index >= 15 is 0 Å². The highest BCUT2D eigenvalue weighted by Crippen LogP contribution is 2.09. The third kappa shape index (κ3) is 6.21. The van der Waals surface area contributed by atoms with Gasteiger partial charge in [0, 0.05) is 37.6 Å². The van der Waals surface area contributed by atoms with Crippen molar-refractivity contribution < 1.29 is 19.2 Å². The Hall–Kier alpha value is -3.23. The lowest BCUT2D eigenvalue weighted by atomic mass is 10.2. The summed E-state index contributed by atoms with van der Waals surface area (Å²) in [6.07, 6.45) is 0.798. The molecule has 1 heterocycles. The topological polar surface area (TPSA) is 111 Å². The molecule has 9 nitrogen and oxygen atoms in total. The lowest BCUT2D eigenvalue weighted by Gasteiger charge is -2.32. The number of rotatable bonds is 5. The molecule has 0 radical (unpaired) electrons. The van der Waals surface area contributed by atoms with Crippen LogP contribution in [0.3, 0.4) is 0 Å². The zero-order valence-corrected chi connectivity index (χ0v) is 15.4. The molecule has 0 aliphatic carbocycles. The van der Waals surface area contributed by atoms with E-state index in [4.69, 9.17) is 0 Å². The molecule has 0 saturated carbocycles. The lowest BCUT2D eigenvalue weighted by Crippen LogP contribution is -2.48. The van der Waals surface area contributed by atoms with Gasteiger partial charge >= 0.3 is 11.8 Å². The van der Waals surface area contributed by atoms with E-state index in [0.29, 0.717) is 37.6 Å². The average Bonchev–Trinajstić information content (AvgIpc) is 2.66. The monoisotopic (exact) mass is 373 g/mol. The van der Waals surface area contributed by atoms with Crippen LogP contribution in [0.25, 0.3) is 0 Å². The maximum Gasteiger partial charge on any atom is 0.329 e. The Morgan fingerprint density at radius 3 is 2.48 bits per heavy atom. The largest absolute Gasteiger partial charge is 0.342 e. The molecule has 1 aliphatic rings. The SMILES string of the molecule is C/C(CC(=O)N1CCN(C=O)CC1)=N/NC(=O)C(=O)Nc1cccc(C)c1. The highest BCUT2D eigenvalue weighted by molar-refractivity contribution is 6.39. The molecule has 1 aromatic carbocycles. The number of nitrogens with zero attached hydrogens (tertiary/aromatic N) is 3. The molecule has 0 bridgehead atoms. The van der Waals surface area contributed by atoms with Gasteiger partial charge in [0.15, 0.2) is 0 Å². The Morgan fingerprint density at radius 2 is 1.85 bits per heavy atom. The fourth-order valence-corrected chi connectivity index (χ4v) is 2.55. The molecular formula is C18H23N5O4. The normalized spacial score (nSPS) is 14.5. The zero-order valence-electron chi connectivity index (χ0n) is 15.4. The highest BCUT2D eigenvalue weighted by Gasteiger charge is 2.20. The minimum atomic E-state index is -0.914. The average molecular weight is 373 g/mol. The maximum absolute atomic E-state index is 12.2. The van der Waals surface area contributed by atoms with Crippen molar-refractivity contribution in [3.8, 4) is 0 Å². The van der Waals surface area contributed by atoms with Crippen LogP contribution in [-0.2, 0) is 19.2 Å². The molecule has 0 atom stereocenters. The van der Waals surface area contributed by atoms with Crippen LogP contribution < -0.4 is 10.7 Å². The number of piperazine rings is 1. The third-order valence-electron chi connectivity index (χ3n) is 4.05. The van der Waals surface area contributed by atoms with Crippen LogP contribution in [0.15, 0.2) is 29.4 Å². The molecule has 144 valence electrons. The van der Waals surface area contributed by atoms with E-state index in [0.717, 1.165) is 12.0 Å². The Balaban J connectivity index is 1.80. The van der Waals surface area contributed by atoms with Crippen molar-refractivity contribution in [1.82, 2.24) is 15.2 Å². The van der Waals surface area contributed by atoms with E-state index in [1.165, 1.54) is 0 Å². The van der Waals surface area contributed by atoms with Gasteiger partial charge in [0.05, 0.1) is 6.42 Å². The van der Waals surface area contributed by atoms with Crippen LogP contribution in [0.1, 0.15) is 18.9 Å². The molecule has 1 aliphatic heterocycles. The number of benzene rings is 1. The van der Waals surface area contributed by atoms with Gasteiger partial charge in [-0.1, -0.05) is 12.1 Å². The van der Waals surface area contributed by atoms with Crippen LogP contribution in [0.4, 0.5) is 5.69 Å². The zero-order chi connectivity index (χ0) is 19.8. The Kier molecular flexibility index (Phi) is 7.04. The van der Waals surface area contributed by atoms with Crippen molar-refractivity contribution >= 4 is 35.5 Å². The first-order valence-electron chi connectivity index (χ1n) is 8.57. The molecule has 0 unspecified atom stereocenters. The fourth-order valence-electron chi connectivity index (χ4n) is 2.55. The molecule has 27 heavy (non-hydrogen) atoms. The lowest BCUT2D eigenvalue weighted by molar-refractivity contribution is -0.136. The Morgan fingerprint density at radius 1 is 1.15 bits per heavy atom. The summed E-state index contributed by atoms with van der Waals surface area (Å²) in [5, 5.41) is 6.29. The highest BCUT2D eigenvalue weighted by atomic mass is 16.2. The second kappa shape index (κ2) is 9.46. The smallest absolute Gasteiger partial charge is 0.329 e. The van der Waals surface area contributed by atoms with Crippen molar-refractivity contribution in [2.24, 2.45) is 5.10 Å². The molecule has 1 saturated heterocycles. The number of hydrogen-bond donors (Lipinski definition) is 2.